The summed E-state index contributed by atoms with van der Waals surface area (Å²) in [6, 6.07) is 18.6. The third kappa shape index (κ3) is 15.6. The molecule has 0 bridgehead atoms. The second-order valence-electron chi connectivity index (χ2n) is 23.8. The van der Waals surface area contributed by atoms with Crippen LogP contribution in [0.15, 0.2) is 122 Å². The second-order valence-corrected chi connectivity index (χ2v) is 29.3. The molecule has 2 N–H and O–H groups in total. The highest BCUT2D eigenvalue weighted by molar-refractivity contribution is 8.07. The van der Waals surface area contributed by atoms with Crippen molar-refractivity contribution >= 4 is 100 Å². The summed E-state index contributed by atoms with van der Waals surface area (Å²) in [7, 11) is 0. The van der Waals surface area contributed by atoms with Crippen LogP contribution < -0.4 is 5.73 Å². The third-order valence-electron chi connectivity index (χ3n) is 16.0. The number of fused-ring (bicyclic) bond motifs is 9. The molecule has 458 valence electrons. The van der Waals surface area contributed by atoms with Crippen molar-refractivity contribution in [1.82, 2.24) is 43.1 Å². The number of rotatable bonds is 5. The number of imidazole rings is 3. The minimum Gasteiger partial charge on any atom is -0.368 e. The van der Waals surface area contributed by atoms with Crippen LogP contribution >= 0.6 is 57.5 Å². The van der Waals surface area contributed by atoms with Gasteiger partial charge >= 0.3 is 0 Å². The lowest BCUT2D eigenvalue weighted by Gasteiger charge is -2.26. The normalized spacial score (nSPS) is 19.3. The maximum Gasteiger partial charge on any atom is 0.222 e. The largest absolute Gasteiger partial charge is 0.368 e. The molecule has 0 saturated carbocycles. The molecule has 9 heterocycles. The van der Waals surface area contributed by atoms with Gasteiger partial charge in [0.2, 0.25) is 5.88 Å². The lowest BCUT2D eigenvalue weighted by Crippen LogP contribution is -2.25. The Morgan fingerprint density at radius 3 is 1.79 bits per heavy atom. The lowest BCUT2D eigenvalue weighted by molar-refractivity contribution is -0.118. The van der Waals surface area contributed by atoms with E-state index in [1.54, 1.807) is 64.5 Å². The number of hydrogen-bond acceptors (Lipinski definition) is 15. The van der Waals surface area contributed by atoms with Crippen LogP contribution in [0.2, 0.25) is 0 Å². The maximum absolute atomic E-state index is 11.2. The molecule has 15 rings (SSSR count). The number of anilines is 1. The van der Waals surface area contributed by atoms with Crippen molar-refractivity contribution in [2.45, 2.75) is 161 Å². The van der Waals surface area contributed by atoms with Crippen LogP contribution in [0.5, 0.6) is 0 Å². The summed E-state index contributed by atoms with van der Waals surface area (Å²) in [5, 5.41) is 5.58. The zero-order valence-electron chi connectivity index (χ0n) is 50.4. The Hall–Kier alpha value is -6.18. The number of nitrogen functional groups attached to an aromatic ring is 1. The van der Waals surface area contributed by atoms with Gasteiger partial charge in [-0.15, -0.1) is 22.7 Å². The van der Waals surface area contributed by atoms with Gasteiger partial charge in [-0.3, -0.25) is 22.8 Å². The molecule has 7 aromatic heterocycles. The van der Waals surface area contributed by atoms with Crippen LogP contribution in [0.3, 0.4) is 0 Å². The number of thiazole rings is 3. The molecule has 4 unspecified atom stereocenters. The van der Waals surface area contributed by atoms with Crippen LogP contribution in [-0.2, 0) is 35.3 Å². The number of Topliss-reactive ketones (excluding diaryl/α,β-unsaturated/α-hetero) is 2. The molecular weight excluding hydrogens is 1170 g/mol. The lowest BCUT2D eigenvalue weighted by atomic mass is 9.93. The van der Waals surface area contributed by atoms with E-state index in [2.05, 4.69) is 171 Å². The molecule has 13 nitrogen and oxygen atoms in total. The molecule has 86 heavy (non-hydrogen) atoms. The van der Waals surface area contributed by atoms with Crippen LogP contribution in [0.4, 0.5) is 5.88 Å². The highest BCUT2D eigenvalue weighted by Crippen LogP contribution is 2.49. The molecule has 6 aliphatic rings. The summed E-state index contributed by atoms with van der Waals surface area (Å²) >= 11 is 9.01. The van der Waals surface area contributed by atoms with Gasteiger partial charge < -0.3 is 20.1 Å². The number of aromatic nitrogens is 7. The van der Waals surface area contributed by atoms with Gasteiger partial charge in [-0.25, -0.2) is 15.0 Å². The second kappa shape index (κ2) is 28.8. The maximum atomic E-state index is 11.2. The molecule has 18 heteroatoms. The van der Waals surface area contributed by atoms with Crippen molar-refractivity contribution in [3.05, 3.63) is 161 Å². The van der Waals surface area contributed by atoms with Crippen molar-refractivity contribution in [2.24, 2.45) is 23.7 Å². The molecule has 2 aromatic carbocycles. The Kier molecular flexibility index (Phi) is 22.0. The minimum absolute atomic E-state index is 0. The number of allylic oxidation sites excluding steroid dienone is 4. The quantitative estimate of drug-likeness (QED) is 0.175. The van der Waals surface area contributed by atoms with Gasteiger partial charge in [0.1, 0.15) is 11.6 Å². The van der Waals surface area contributed by atoms with Crippen molar-refractivity contribution in [3.63, 3.8) is 0 Å². The van der Waals surface area contributed by atoms with Crippen molar-refractivity contribution < 1.29 is 14.1 Å². The summed E-state index contributed by atoms with van der Waals surface area (Å²) in [4.78, 5) is 49.8. The smallest absolute Gasteiger partial charge is 0.222 e. The summed E-state index contributed by atoms with van der Waals surface area (Å²) < 4.78 is 12.5. The SMILES string of the molecule is C.C.C=C1SC2=C(CC(C)CC2)N1CC(C)=O.C=C1SC2=C(CCC(C)C2)N1CC(C)=O.Cc1cc(N)on1.Cc1ccc(-c2cn3c(n2)sc2ccccc23)cc1.Cc1cn2c3c(sc2n1)CC(C)CC3.Cc1cn2c3c(sc2n1)CCC(C)C3. The van der Waals surface area contributed by atoms with Crippen LogP contribution in [0.25, 0.3) is 36.4 Å². The summed E-state index contributed by atoms with van der Waals surface area (Å²) in [5.41, 5.74) is 18.7. The topological polar surface area (TPSA) is 145 Å². The van der Waals surface area contributed by atoms with E-state index in [0.717, 1.165) is 87.1 Å². The molecule has 0 radical (unpaired) electrons. The van der Waals surface area contributed by atoms with Crippen molar-refractivity contribution in [2.75, 3.05) is 18.8 Å². The van der Waals surface area contributed by atoms with Crippen LogP contribution in [0.1, 0.15) is 152 Å². The van der Waals surface area contributed by atoms with Gasteiger partial charge in [-0.2, -0.15) is 0 Å². The van der Waals surface area contributed by atoms with Gasteiger partial charge in [-0.05, 0) is 154 Å². The Balaban J connectivity index is 0.000000136. The highest BCUT2D eigenvalue weighted by Gasteiger charge is 2.33. The fourth-order valence-corrected chi connectivity index (χ4v) is 17.5. The van der Waals surface area contributed by atoms with Crippen LogP contribution in [-0.4, -0.2) is 67.8 Å². The first-order chi connectivity index (χ1) is 40.2. The number of carbonyl (C=O) groups excluding carboxylic acids is 2. The van der Waals surface area contributed by atoms with Gasteiger partial charge in [-0.1, -0.05) is 138 Å². The standard InChI is InChI=1S/C16H12N2S.2C12H17NOS.2C11H14N2S.C4H6N2O.2CH4/c1-11-6-8-12(9-7-11)13-10-18-14-4-2-3-5-15(14)19-16(18)17-13;1-8-4-5-12-11(6-8)13(7-9(2)14)10(3)15-12;1-8-4-5-11-12(6-8)15-10(3)13(11)7-9(2)14;1-7-3-4-10-9(5-7)13-6-8(2)12-11(13)14-10;1-7-3-4-9-10(5-7)14-11-12-8(2)6-13(9)11;1-3-2-4(5)7-6-3;;/h2-10H,1H3;2*8H,3-7H2,1-2H3;2*6-7H,3-5H2,1-2H3;2H,5H2,1H3;2*1H4. The monoisotopic (exact) mass is 1250 g/mol. The molecular formula is C68H88N10O3S5. The van der Waals surface area contributed by atoms with E-state index in [4.69, 9.17) is 10.7 Å². The number of carbonyl (C=O) groups is 2. The third-order valence-corrected chi connectivity index (χ3v) is 21.6. The molecule has 4 atom stereocenters. The number of benzene rings is 2. The Morgan fingerprint density at radius 1 is 0.593 bits per heavy atom. The molecule has 2 aliphatic heterocycles. The van der Waals surface area contributed by atoms with E-state index >= 15 is 0 Å². The van der Waals surface area contributed by atoms with E-state index in [0.29, 0.717) is 19.0 Å². The Morgan fingerprint density at radius 2 is 1.15 bits per heavy atom. The molecule has 0 spiro atoms. The van der Waals surface area contributed by atoms with Gasteiger partial charge in [0, 0.05) is 72.6 Å². The predicted molar refractivity (Wildman–Crippen MR) is 366 cm³/mol. The molecule has 0 saturated heterocycles. The molecule has 0 amide bonds. The first-order valence-electron chi connectivity index (χ1n) is 29.5. The molecule has 4 aliphatic carbocycles. The van der Waals surface area contributed by atoms with E-state index < -0.39 is 0 Å². The Bertz CT molecular complexity index is 3920. The van der Waals surface area contributed by atoms with E-state index in [-0.39, 0.29) is 26.4 Å². The minimum atomic E-state index is 0. The first kappa shape index (κ1) is 65.8. The predicted octanol–water partition coefficient (Wildman–Crippen LogP) is 18.3. The number of nitrogens with zero attached hydrogens (tertiary/aromatic N) is 9. The number of thioether (sulfide) groups is 2. The van der Waals surface area contributed by atoms with E-state index in [9.17, 15) is 9.59 Å². The summed E-state index contributed by atoms with van der Waals surface area (Å²) in [6.07, 6.45) is 21.1. The summed E-state index contributed by atoms with van der Waals surface area (Å²) in [6.45, 7) is 29.7. The van der Waals surface area contributed by atoms with E-state index in [1.807, 2.05) is 29.6 Å². The number of ketones is 2. The van der Waals surface area contributed by atoms with E-state index in [1.165, 1.54) is 115 Å². The fraction of sp³-hybridized carbons (Fsp3) is 0.441. The average Bonchev–Trinajstić information content (AvgIpc) is 4.56. The average molecular weight is 1250 g/mol. The van der Waals surface area contributed by atoms with Crippen molar-refractivity contribution in [1.29, 1.82) is 0 Å². The number of aryl methyl sites for hydroxylation is 6. The highest BCUT2D eigenvalue weighted by atomic mass is 32.2. The fourth-order valence-electron chi connectivity index (χ4n) is 11.6. The molecule has 0 fully saturated rings. The van der Waals surface area contributed by atoms with Crippen molar-refractivity contribution in [3.8, 4) is 11.3 Å². The van der Waals surface area contributed by atoms with Gasteiger partial charge in [0.05, 0.1) is 56.1 Å². The summed E-state index contributed by atoms with van der Waals surface area (Å²) in [5.74, 6) is 4.01. The molecule has 9 aromatic rings. The van der Waals surface area contributed by atoms with Gasteiger partial charge in [0.15, 0.2) is 14.9 Å². The first-order valence-corrected chi connectivity index (χ1v) is 33.6. The number of hydrogen-bond donors (Lipinski definition) is 1. The van der Waals surface area contributed by atoms with Gasteiger partial charge in [0.25, 0.3) is 0 Å². The Labute approximate surface area is 530 Å². The zero-order chi connectivity index (χ0) is 59.5. The number of nitrogens with two attached hydrogens (primary N) is 1. The number of para-hydroxylation sites is 1. The zero-order valence-corrected chi connectivity index (χ0v) is 54.5. The van der Waals surface area contributed by atoms with Crippen LogP contribution in [0, 0.1) is 51.4 Å².